The first-order valence-corrected chi connectivity index (χ1v) is 11.4. The van der Waals surface area contributed by atoms with Crippen LogP contribution in [0, 0.1) is 0 Å². The van der Waals surface area contributed by atoms with Gasteiger partial charge in [0.25, 0.3) is 10.0 Å². The highest BCUT2D eigenvalue weighted by Gasteiger charge is 2.19. The fraction of sp³-hybridized carbons (Fsp3) is 0. The molecule has 0 atom stereocenters. The smallest absolute Gasteiger partial charge is 0.261 e. The summed E-state index contributed by atoms with van der Waals surface area (Å²) in [4.78, 5) is 12.8. The first kappa shape index (κ1) is 20.2. The number of halogens is 1. The molecule has 5 aromatic rings. The monoisotopic (exact) mass is 462 g/mol. The molecule has 158 valence electrons. The Bertz CT molecular complexity index is 1520. The van der Waals surface area contributed by atoms with Crippen molar-refractivity contribution in [2.45, 2.75) is 4.90 Å². The molecule has 0 saturated heterocycles. The number of furan rings is 1. The number of aromatic nitrogens is 3. The predicted molar refractivity (Wildman–Crippen MR) is 123 cm³/mol. The zero-order valence-corrected chi connectivity index (χ0v) is 18.0. The molecule has 0 unspecified atom stereocenters. The summed E-state index contributed by atoms with van der Waals surface area (Å²) in [6.45, 7) is 0. The van der Waals surface area contributed by atoms with Gasteiger partial charge >= 0.3 is 0 Å². The highest BCUT2D eigenvalue weighted by molar-refractivity contribution is 7.92. The van der Waals surface area contributed by atoms with Crippen molar-refractivity contribution in [1.29, 1.82) is 0 Å². The third kappa shape index (κ3) is 3.70. The van der Waals surface area contributed by atoms with E-state index in [9.17, 15) is 8.42 Å². The van der Waals surface area contributed by atoms with Crippen molar-refractivity contribution in [3.8, 4) is 22.3 Å². The van der Waals surface area contributed by atoms with Crippen molar-refractivity contribution in [3.63, 3.8) is 0 Å². The molecular weight excluding hydrogens is 448 g/mol. The second kappa shape index (κ2) is 8.07. The fourth-order valence-electron chi connectivity index (χ4n) is 3.41. The highest BCUT2D eigenvalue weighted by atomic mass is 35.5. The first-order valence-electron chi connectivity index (χ1n) is 9.53. The lowest BCUT2D eigenvalue weighted by Crippen LogP contribution is -2.13. The maximum absolute atomic E-state index is 12.8. The van der Waals surface area contributed by atoms with Gasteiger partial charge in [0.1, 0.15) is 6.26 Å². The summed E-state index contributed by atoms with van der Waals surface area (Å²) in [5.74, 6) is 0. The van der Waals surface area contributed by atoms with E-state index < -0.39 is 10.0 Å². The largest absolute Gasteiger partial charge is 0.445 e. The summed E-state index contributed by atoms with van der Waals surface area (Å²) in [6.07, 6.45) is 8.25. The van der Waals surface area contributed by atoms with Crippen LogP contribution in [0.15, 0.2) is 95.0 Å². The van der Waals surface area contributed by atoms with Gasteiger partial charge in [0, 0.05) is 41.5 Å². The van der Waals surface area contributed by atoms with Gasteiger partial charge in [-0.15, -0.1) is 0 Å². The Kier molecular flexibility index (Phi) is 5.08. The third-order valence-corrected chi connectivity index (χ3v) is 6.58. The molecule has 32 heavy (non-hydrogen) atoms. The maximum atomic E-state index is 12.8. The molecule has 0 saturated carbocycles. The normalized spacial score (nSPS) is 11.5. The summed E-state index contributed by atoms with van der Waals surface area (Å²) < 4.78 is 33.7. The van der Waals surface area contributed by atoms with Gasteiger partial charge in [0.05, 0.1) is 16.0 Å². The number of sulfonamides is 1. The van der Waals surface area contributed by atoms with Crippen molar-refractivity contribution in [1.82, 2.24) is 15.0 Å². The van der Waals surface area contributed by atoms with Crippen molar-refractivity contribution >= 4 is 38.4 Å². The van der Waals surface area contributed by atoms with Crippen LogP contribution >= 0.6 is 11.6 Å². The lowest BCUT2D eigenvalue weighted by Gasteiger charge is -2.11. The summed E-state index contributed by atoms with van der Waals surface area (Å²) in [6, 6.07) is 15.3. The minimum atomic E-state index is -3.83. The molecule has 4 aromatic heterocycles. The van der Waals surface area contributed by atoms with Crippen molar-refractivity contribution in [2.24, 2.45) is 0 Å². The van der Waals surface area contributed by atoms with Gasteiger partial charge < -0.3 is 4.42 Å². The summed E-state index contributed by atoms with van der Waals surface area (Å²) in [5, 5.41) is 0.799. The SMILES string of the molecule is O=S(=O)(Nc1cc(-c2coc3nccc(-c4cccnc4)c23)cnc1Cl)c1ccccc1. The fourth-order valence-corrected chi connectivity index (χ4v) is 4.70. The molecule has 4 heterocycles. The highest BCUT2D eigenvalue weighted by Crippen LogP contribution is 2.38. The van der Waals surface area contributed by atoms with E-state index in [0.29, 0.717) is 16.8 Å². The van der Waals surface area contributed by atoms with E-state index in [-0.39, 0.29) is 15.7 Å². The van der Waals surface area contributed by atoms with Crippen LogP contribution < -0.4 is 4.72 Å². The summed E-state index contributed by atoms with van der Waals surface area (Å²) in [7, 11) is -3.83. The van der Waals surface area contributed by atoms with Gasteiger partial charge in [0.2, 0.25) is 5.71 Å². The van der Waals surface area contributed by atoms with E-state index in [1.54, 1.807) is 55.3 Å². The Balaban J connectivity index is 1.62. The van der Waals surface area contributed by atoms with Gasteiger partial charge in [-0.2, -0.15) is 0 Å². The molecule has 0 spiro atoms. The zero-order valence-electron chi connectivity index (χ0n) is 16.4. The van der Waals surface area contributed by atoms with Crippen LogP contribution in [0.3, 0.4) is 0 Å². The summed E-state index contributed by atoms with van der Waals surface area (Å²) >= 11 is 6.21. The van der Waals surface area contributed by atoms with Crippen LogP contribution in [0.2, 0.25) is 5.15 Å². The molecule has 9 heteroatoms. The second-order valence-electron chi connectivity index (χ2n) is 6.91. The average Bonchev–Trinajstić information content (AvgIpc) is 3.26. The standard InChI is InChI=1S/C23H15ClN4O3S/c24-22-20(28-32(29,30)17-6-2-1-3-7-17)11-16(13-27-22)19-14-31-23-21(19)18(8-10-26-23)15-5-4-9-25-12-15/h1-14,28H. The first-order chi connectivity index (χ1) is 15.5. The van der Waals surface area contributed by atoms with E-state index in [0.717, 1.165) is 16.5 Å². The van der Waals surface area contributed by atoms with Crippen LogP contribution in [-0.2, 0) is 10.0 Å². The predicted octanol–water partition coefficient (Wildman–Crippen LogP) is 5.41. The number of hydrogen-bond acceptors (Lipinski definition) is 6. The van der Waals surface area contributed by atoms with Crippen LogP contribution in [0.4, 0.5) is 5.69 Å². The minimum absolute atomic E-state index is 0.0339. The van der Waals surface area contributed by atoms with Crippen molar-refractivity contribution in [2.75, 3.05) is 4.72 Å². The second-order valence-corrected chi connectivity index (χ2v) is 8.95. The van der Waals surface area contributed by atoms with Crippen LogP contribution in [0.25, 0.3) is 33.4 Å². The minimum Gasteiger partial charge on any atom is -0.445 e. The Hall–Kier alpha value is -3.75. The Labute approximate surface area is 188 Å². The molecule has 0 aliphatic heterocycles. The van der Waals surface area contributed by atoms with E-state index in [1.807, 2.05) is 18.2 Å². The lowest BCUT2D eigenvalue weighted by atomic mass is 10.00. The number of nitrogens with zero attached hydrogens (tertiary/aromatic N) is 3. The number of nitrogens with one attached hydrogen (secondary N) is 1. The lowest BCUT2D eigenvalue weighted by molar-refractivity contribution is 0.601. The van der Waals surface area contributed by atoms with E-state index in [4.69, 9.17) is 16.0 Å². The molecule has 0 amide bonds. The number of fused-ring (bicyclic) bond motifs is 1. The van der Waals surface area contributed by atoms with E-state index in [2.05, 4.69) is 19.7 Å². The van der Waals surface area contributed by atoms with Gasteiger partial charge in [-0.05, 0) is 35.9 Å². The average molecular weight is 463 g/mol. The Morgan fingerprint density at radius 3 is 2.50 bits per heavy atom. The van der Waals surface area contributed by atoms with Crippen molar-refractivity contribution in [3.05, 3.63) is 90.8 Å². The zero-order chi connectivity index (χ0) is 22.1. The van der Waals surface area contributed by atoms with Crippen molar-refractivity contribution < 1.29 is 12.8 Å². The number of hydrogen-bond donors (Lipinski definition) is 1. The molecule has 1 N–H and O–H groups in total. The quantitative estimate of drug-likeness (QED) is 0.351. The van der Waals surface area contributed by atoms with E-state index in [1.165, 1.54) is 12.1 Å². The van der Waals surface area contributed by atoms with Crippen LogP contribution in [0.5, 0.6) is 0 Å². The number of benzene rings is 1. The molecular formula is C23H15ClN4O3S. The molecule has 7 nitrogen and oxygen atoms in total. The van der Waals surface area contributed by atoms with Gasteiger partial charge in [-0.3, -0.25) is 9.71 Å². The van der Waals surface area contributed by atoms with Crippen LogP contribution in [-0.4, -0.2) is 23.4 Å². The third-order valence-electron chi connectivity index (χ3n) is 4.89. The summed E-state index contributed by atoms with van der Waals surface area (Å²) in [5.41, 5.74) is 3.72. The molecule has 0 radical (unpaired) electrons. The van der Waals surface area contributed by atoms with Gasteiger partial charge in [-0.25, -0.2) is 18.4 Å². The van der Waals surface area contributed by atoms with Gasteiger partial charge in [-0.1, -0.05) is 35.9 Å². The number of pyridine rings is 3. The number of rotatable bonds is 5. The Morgan fingerprint density at radius 2 is 1.72 bits per heavy atom. The topological polar surface area (TPSA) is 98.0 Å². The Morgan fingerprint density at radius 1 is 0.875 bits per heavy atom. The van der Waals surface area contributed by atoms with Gasteiger partial charge in [0.15, 0.2) is 5.15 Å². The number of anilines is 1. The molecule has 0 fully saturated rings. The molecule has 0 bridgehead atoms. The molecule has 0 aliphatic rings. The molecule has 0 aliphatic carbocycles. The molecule has 5 rings (SSSR count). The maximum Gasteiger partial charge on any atom is 0.261 e. The van der Waals surface area contributed by atoms with Crippen LogP contribution in [0.1, 0.15) is 0 Å². The van der Waals surface area contributed by atoms with E-state index >= 15 is 0 Å². The molecule has 1 aromatic carbocycles.